The molecular formula is C24H29N3O5. The minimum atomic E-state index is -0.112. The summed E-state index contributed by atoms with van der Waals surface area (Å²) in [5, 5.41) is 4.53. The fraction of sp³-hybridized carbons (Fsp3) is 0.333. The van der Waals surface area contributed by atoms with Gasteiger partial charge >= 0.3 is 0 Å². The molecular weight excluding hydrogens is 410 g/mol. The van der Waals surface area contributed by atoms with E-state index < -0.39 is 0 Å². The summed E-state index contributed by atoms with van der Waals surface area (Å²) in [7, 11) is 9.94. The zero-order chi connectivity index (χ0) is 23.3. The van der Waals surface area contributed by atoms with Crippen LogP contribution in [0.25, 0.3) is 11.3 Å². The highest BCUT2D eigenvalue weighted by molar-refractivity contribution is 5.93. The maximum atomic E-state index is 13.1. The lowest BCUT2D eigenvalue weighted by molar-refractivity contribution is 0.0786. The third-order valence-corrected chi connectivity index (χ3v) is 5.31. The summed E-state index contributed by atoms with van der Waals surface area (Å²) in [6.45, 7) is 0.542. The van der Waals surface area contributed by atoms with Crippen LogP contribution in [0.2, 0.25) is 0 Å². The third kappa shape index (κ3) is 4.80. The summed E-state index contributed by atoms with van der Waals surface area (Å²) in [5.41, 5.74) is 2.99. The molecule has 0 atom stereocenters. The number of rotatable bonds is 9. The Kier molecular flexibility index (Phi) is 7.25. The van der Waals surface area contributed by atoms with Crippen LogP contribution in [-0.4, -0.2) is 62.6 Å². The lowest BCUT2D eigenvalue weighted by Crippen LogP contribution is -2.30. The van der Waals surface area contributed by atoms with Gasteiger partial charge in [-0.3, -0.25) is 9.48 Å². The first kappa shape index (κ1) is 23.0. The molecule has 0 unspecified atom stereocenters. The van der Waals surface area contributed by atoms with Crippen LogP contribution < -0.4 is 18.9 Å². The second-order valence-corrected chi connectivity index (χ2v) is 7.27. The predicted molar refractivity (Wildman–Crippen MR) is 122 cm³/mol. The fourth-order valence-electron chi connectivity index (χ4n) is 3.44. The van der Waals surface area contributed by atoms with Gasteiger partial charge in [0.1, 0.15) is 17.2 Å². The monoisotopic (exact) mass is 439 g/mol. The molecule has 0 spiro atoms. The van der Waals surface area contributed by atoms with Crippen molar-refractivity contribution in [2.75, 3.05) is 42.0 Å². The first-order valence-corrected chi connectivity index (χ1v) is 10.1. The van der Waals surface area contributed by atoms with Gasteiger partial charge in [-0.25, -0.2) is 0 Å². The number of likely N-dealkylation sites (N-methyl/N-ethyl adjacent to an activating group) is 1. The summed E-state index contributed by atoms with van der Waals surface area (Å²) >= 11 is 0. The summed E-state index contributed by atoms with van der Waals surface area (Å²) in [6, 6.07) is 13.0. The van der Waals surface area contributed by atoms with Gasteiger partial charge in [-0.15, -0.1) is 0 Å². The number of aromatic nitrogens is 2. The molecule has 3 aromatic rings. The summed E-state index contributed by atoms with van der Waals surface area (Å²) in [5.74, 6) is 2.55. The lowest BCUT2D eigenvalue weighted by Gasteiger charge is -2.17. The maximum Gasteiger partial charge on any atom is 0.271 e. The maximum absolute atomic E-state index is 13.1. The number of aryl methyl sites for hydroxylation is 1. The van der Waals surface area contributed by atoms with E-state index in [9.17, 15) is 4.79 Å². The smallest absolute Gasteiger partial charge is 0.271 e. The molecule has 0 saturated carbocycles. The Morgan fingerprint density at radius 3 is 2.28 bits per heavy atom. The molecule has 0 fully saturated rings. The molecule has 0 radical (unpaired) electrons. The minimum Gasteiger partial charge on any atom is -0.497 e. The van der Waals surface area contributed by atoms with Gasteiger partial charge in [0.25, 0.3) is 5.91 Å². The number of hydrogen-bond donors (Lipinski definition) is 0. The number of ether oxygens (including phenoxy) is 4. The standard InChI is InChI=1S/C24H29N3O5/c1-26(12-11-16-7-10-21(30-4)23(13-16)32-6)24(28)20-15-19(25-27(20)2)18-9-8-17(29-3)14-22(18)31-5/h7-10,13-15H,11-12H2,1-6H3. The molecule has 0 saturated heterocycles. The van der Waals surface area contributed by atoms with Crippen LogP contribution in [-0.2, 0) is 13.5 Å². The molecule has 0 N–H and O–H groups in total. The van der Waals surface area contributed by atoms with Crippen molar-refractivity contribution >= 4 is 5.91 Å². The van der Waals surface area contributed by atoms with E-state index in [1.165, 1.54) is 0 Å². The molecule has 8 nitrogen and oxygen atoms in total. The largest absolute Gasteiger partial charge is 0.497 e. The van der Waals surface area contributed by atoms with Crippen molar-refractivity contribution in [1.29, 1.82) is 0 Å². The normalized spacial score (nSPS) is 10.6. The van der Waals surface area contributed by atoms with Crippen molar-refractivity contribution < 1.29 is 23.7 Å². The van der Waals surface area contributed by atoms with Gasteiger partial charge in [0.2, 0.25) is 0 Å². The van der Waals surface area contributed by atoms with E-state index >= 15 is 0 Å². The van der Waals surface area contributed by atoms with E-state index in [4.69, 9.17) is 18.9 Å². The molecule has 3 rings (SSSR count). The molecule has 1 amide bonds. The van der Waals surface area contributed by atoms with Crippen molar-refractivity contribution in [1.82, 2.24) is 14.7 Å². The topological polar surface area (TPSA) is 75.0 Å². The molecule has 0 aliphatic heterocycles. The SMILES string of the molecule is COc1ccc(-c2cc(C(=O)N(C)CCc3ccc(OC)c(OC)c3)n(C)n2)c(OC)c1. The number of benzene rings is 2. The van der Waals surface area contributed by atoms with Crippen molar-refractivity contribution in [3.05, 3.63) is 53.7 Å². The summed E-state index contributed by atoms with van der Waals surface area (Å²) in [6.07, 6.45) is 0.680. The highest BCUT2D eigenvalue weighted by atomic mass is 16.5. The number of carbonyl (C=O) groups is 1. The number of carbonyl (C=O) groups excluding carboxylic acids is 1. The van der Waals surface area contributed by atoms with Crippen molar-refractivity contribution in [3.8, 4) is 34.3 Å². The Labute approximate surface area is 188 Å². The zero-order valence-corrected chi connectivity index (χ0v) is 19.3. The average Bonchev–Trinajstić information content (AvgIpc) is 3.22. The van der Waals surface area contributed by atoms with Crippen LogP contribution in [0.3, 0.4) is 0 Å². The number of amides is 1. The Morgan fingerprint density at radius 2 is 1.62 bits per heavy atom. The second kappa shape index (κ2) is 10.1. The van der Waals surface area contributed by atoms with Gasteiger partial charge in [-0.1, -0.05) is 6.07 Å². The quantitative estimate of drug-likeness (QED) is 0.509. The molecule has 0 bridgehead atoms. The highest BCUT2D eigenvalue weighted by Crippen LogP contribution is 2.33. The minimum absolute atomic E-state index is 0.112. The molecule has 2 aromatic carbocycles. The van der Waals surface area contributed by atoms with Gasteiger partial charge < -0.3 is 23.8 Å². The second-order valence-electron chi connectivity index (χ2n) is 7.27. The Balaban J connectivity index is 1.75. The van der Waals surface area contributed by atoms with Gasteiger partial charge in [-0.05, 0) is 42.3 Å². The van der Waals surface area contributed by atoms with E-state index in [2.05, 4.69) is 5.10 Å². The molecule has 1 aromatic heterocycles. The van der Waals surface area contributed by atoms with E-state index in [0.29, 0.717) is 47.4 Å². The predicted octanol–water partition coefficient (Wildman–Crippen LogP) is 3.44. The molecule has 0 aliphatic carbocycles. The van der Waals surface area contributed by atoms with Crippen LogP contribution in [0.15, 0.2) is 42.5 Å². The van der Waals surface area contributed by atoms with Gasteiger partial charge in [-0.2, -0.15) is 5.10 Å². The van der Waals surface area contributed by atoms with Crippen LogP contribution >= 0.6 is 0 Å². The van der Waals surface area contributed by atoms with Crippen LogP contribution in [0.4, 0.5) is 0 Å². The van der Waals surface area contributed by atoms with Crippen molar-refractivity contribution in [2.45, 2.75) is 6.42 Å². The van der Waals surface area contributed by atoms with Crippen LogP contribution in [0, 0.1) is 0 Å². The molecule has 170 valence electrons. The van der Waals surface area contributed by atoms with E-state index in [0.717, 1.165) is 11.1 Å². The molecule has 8 heteroatoms. The Bertz CT molecular complexity index is 1090. The molecule has 0 aliphatic rings. The number of methoxy groups -OCH3 is 4. The fourth-order valence-corrected chi connectivity index (χ4v) is 3.44. The molecule has 32 heavy (non-hydrogen) atoms. The summed E-state index contributed by atoms with van der Waals surface area (Å²) in [4.78, 5) is 14.8. The Hall–Kier alpha value is -3.68. The van der Waals surface area contributed by atoms with Gasteiger partial charge in [0, 0.05) is 32.3 Å². The van der Waals surface area contributed by atoms with E-state index in [1.807, 2.05) is 30.3 Å². The summed E-state index contributed by atoms with van der Waals surface area (Å²) < 4.78 is 23.0. The van der Waals surface area contributed by atoms with Gasteiger partial charge in [0.15, 0.2) is 11.5 Å². The zero-order valence-electron chi connectivity index (χ0n) is 19.3. The first-order valence-electron chi connectivity index (χ1n) is 10.1. The number of hydrogen-bond acceptors (Lipinski definition) is 6. The third-order valence-electron chi connectivity index (χ3n) is 5.31. The Morgan fingerprint density at radius 1 is 0.906 bits per heavy atom. The van der Waals surface area contributed by atoms with E-state index in [-0.39, 0.29) is 5.91 Å². The average molecular weight is 440 g/mol. The lowest BCUT2D eigenvalue weighted by atomic mass is 10.1. The van der Waals surface area contributed by atoms with Crippen molar-refractivity contribution in [2.24, 2.45) is 7.05 Å². The van der Waals surface area contributed by atoms with Crippen molar-refractivity contribution in [3.63, 3.8) is 0 Å². The highest BCUT2D eigenvalue weighted by Gasteiger charge is 2.20. The van der Waals surface area contributed by atoms with Crippen LogP contribution in [0.1, 0.15) is 16.1 Å². The van der Waals surface area contributed by atoms with E-state index in [1.54, 1.807) is 64.2 Å². The first-order chi connectivity index (χ1) is 15.4. The van der Waals surface area contributed by atoms with Crippen LogP contribution in [0.5, 0.6) is 23.0 Å². The number of nitrogens with zero attached hydrogens (tertiary/aromatic N) is 3. The molecule has 1 heterocycles. The van der Waals surface area contributed by atoms with Gasteiger partial charge in [0.05, 0.1) is 34.1 Å².